The fraction of sp³-hybridized carbons (Fsp3) is 0. The van der Waals surface area contributed by atoms with Crippen molar-refractivity contribution >= 4 is 17.0 Å². The first-order chi connectivity index (χ1) is 8.22. The van der Waals surface area contributed by atoms with Gasteiger partial charge in [-0.15, -0.1) is 0 Å². The van der Waals surface area contributed by atoms with Gasteiger partial charge >= 0.3 is 0 Å². The second kappa shape index (κ2) is 3.52. The van der Waals surface area contributed by atoms with Gasteiger partial charge in [-0.05, 0) is 18.2 Å². The average molecular weight is 224 g/mol. The SMILES string of the molecule is Nc1cccc(-c2cn3ccc(N)cc3n2)c1. The minimum absolute atomic E-state index is 0.710. The molecule has 17 heavy (non-hydrogen) atoms. The molecule has 0 amide bonds. The maximum Gasteiger partial charge on any atom is 0.139 e. The van der Waals surface area contributed by atoms with Crippen LogP contribution in [-0.2, 0) is 0 Å². The molecule has 2 aromatic heterocycles. The van der Waals surface area contributed by atoms with Crippen LogP contribution in [0.1, 0.15) is 0 Å². The molecular weight excluding hydrogens is 212 g/mol. The van der Waals surface area contributed by atoms with E-state index in [4.69, 9.17) is 11.5 Å². The summed E-state index contributed by atoms with van der Waals surface area (Å²) in [5.41, 5.74) is 15.7. The molecule has 0 saturated heterocycles. The van der Waals surface area contributed by atoms with Crippen molar-refractivity contribution in [2.75, 3.05) is 11.5 Å². The first-order valence-corrected chi connectivity index (χ1v) is 5.32. The van der Waals surface area contributed by atoms with Gasteiger partial charge < -0.3 is 15.9 Å². The predicted molar refractivity (Wildman–Crippen MR) is 69.5 cm³/mol. The van der Waals surface area contributed by atoms with Crippen molar-refractivity contribution in [3.05, 3.63) is 48.8 Å². The molecule has 2 heterocycles. The van der Waals surface area contributed by atoms with E-state index < -0.39 is 0 Å². The molecule has 3 aromatic rings. The van der Waals surface area contributed by atoms with E-state index in [2.05, 4.69) is 4.98 Å². The lowest BCUT2D eigenvalue weighted by Gasteiger charge is -1.96. The molecule has 84 valence electrons. The fourth-order valence-corrected chi connectivity index (χ4v) is 1.83. The highest BCUT2D eigenvalue weighted by Crippen LogP contribution is 2.21. The van der Waals surface area contributed by atoms with Crippen LogP contribution >= 0.6 is 0 Å². The van der Waals surface area contributed by atoms with E-state index in [-0.39, 0.29) is 0 Å². The molecule has 4 N–H and O–H groups in total. The average Bonchev–Trinajstić information content (AvgIpc) is 2.72. The van der Waals surface area contributed by atoms with Gasteiger partial charge in [0.25, 0.3) is 0 Å². The van der Waals surface area contributed by atoms with E-state index in [0.29, 0.717) is 5.69 Å². The van der Waals surface area contributed by atoms with Crippen molar-refractivity contribution in [3.8, 4) is 11.3 Å². The molecule has 3 rings (SSSR count). The lowest BCUT2D eigenvalue weighted by molar-refractivity contribution is 1.19. The molecule has 0 unspecified atom stereocenters. The van der Waals surface area contributed by atoms with Gasteiger partial charge in [0.05, 0.1) is 5.69 Å². The lowest BCUT2D eigenvalue weighted by atomic mass is 10.1. The first kappa shape index (κ1) is 9.72. The van der Waals surface area contributed by atoms with Gasteiger partial charge in [-0.3, -0.25) is 0 Å². The predicted octanol–water partition coefficient (Wildman–Crippen LogP) is 2.17. The molecule has 4 nitrogen and oxygen atoms in total. The van der Waals surface area contributed by atoms with E-state index in [1.54, 1.807) is 0 Å². The number of nitrogen functional groups attached to an aromatic ring is 2. The van der Waals surface area contributed by atoms with E-state index in [9.17, 15) is 0 Å². The molecule has 0 aliphatic heterocycles. The van der Waals surface area contributed by atoms with Crippen LogP contribution in [0, 0.1) is 0 Å². The third kappa shape index (κ3) is 1.69. The maximum atomic E-state index is 5.76. The van der Waals surface area contributed by atoms with E-state index in [1.807, 2.05) is 53.2 Å². The summed E-state index contributed by atoms with van der Waals surface area (Å²) in [5, 5.41) is 0. The summed E-state index contributed by atoms with van der Waals surface area (Å²) in [5.74, 6) is 0. The van der Waals surface area contributed by atoms with Crippen LogP contribution < -0.4 is 11.5 Å². The molecule has 0 aliphatic rings. The second-order valence-electron chi connectivity index (χ2n) is 3.98. The maximum absolute atomic E-state index is 5.76. The minimum Gasteiger partial charge on any atom is -0.399 e. The van der Waals surface area contributed by atoms with Crippen molar-refractivity contribution in [1.29, 1.82) is 0 Å². The van der Waals surface area contributed by atoms with Crippen molar-refractivity contribution in [3.63, 3.8) is 0 Å². The van der Waals surface area contributed by atoms with E-state index in [1.165, 1.54) is 0 Å². The van der Waals surface area contributed by atoms with Crippen LogP contribution in [0.2, 0.25) is 0 Å². The molecule has 4 heteroatoms. The zero-order valence-electron chi connectivity index (χ0n) is 9.17. The smallest absolute Gasteiger partial charge is 0.139 e. The van der Waals surface area contributed by atoms with Crippen LogP contribution in [0.4, 0.5) is 11.4 Å². The Labute approximate surface area is 98.5 Å². The molecule has 1 aromatic carbocycles. The monoisotopic (exact) mass is 224 g/mol. The molecule has 0 bridgehead atoms. The number of nitrogens with zero attached hydrogens (tertiary/aromatic N) is 2. The number of rotatable bonds is 1. The summed E-state index contributed by atoms with van der Waals surface area (Å²) >= 11 is 0. The van der Waals surface area contributed by atoms with Gasteiger partial charge in [-0.25, -0.2) is 4.98 Å². The number of hydrogen-bond donors (Lipinski definition) is 2. The van der Waals surface area contributed by atoms with Crippen molar-refractivity contribution in [1.82, 2.24) is 9.38 Å². The topological polar surface area (TPSA) is 69.3 Å². The van der Waals surface area contributed by atoms with E-state index in [0.717, 1.165) is 22.6 Å². The number of hydrogen-bond acceptors (Lipinski definition) is 3. The zero-order valence-corrected chi connectivity index (χ0v) is 9.17. The fourth-order valence-electron chi connectivity index (χ4n) is 1.83. The zero-order chi connectivity index (χ0) is 11.8. The molecule has 0 spiro atoms. The number of benzene rings is 1. The summed E-state index contributed by atoms with van der Waals surface area (Å²) in [7, 11) is 0. The molecule has 0 atom stereocenters. The van der Waals surface area contributed by atoms with Crippen LogP contribution in [0.3, 0.4) is 0 Å². The Morgan fingerprint density at radius 1 is 1.00 bits per heavy atom. The largest absolute Gasteiger partial charge is 0.399 e. The quantitative estimate of drug-likeness (QED) is 0.622. The van der Waals surface area contributed by atoms with Crippen molar-refractivity contribution in [2.24, 2.45) is 0 Å². The molecule has 0 fully saturated rings. The highest BCUT2D eigenvalue weighted by atomic mass is 15.0. The number of imidazole rings is 1. The second-order valence-corrected chi connectivity index (χ2v) is 3.98. The van der Waals surface area contributed by atoms with Gasteiger partial charge in [-0.2, -0.15) is 0 Å². The van der Waals surface area contributed by atoms with Gasteiger partial charge in [0, 0.05) is 35.4 Å². The van der Waals surface area contributed by atoms with Crippen LogP contribution in [0.25, 0.3) is 16.9 Å². The number of aromatic nitrogens is 2. The standard InChI is InChI=1S/C13H12N4/c14-10-3-1-2-9(6-10)12-8-17-5-4-11(15)7-13(17)16-12/h1-8H,14-15H2. The Morgan fingerprint density at radius 3 is 2.65 bits per heavy atom. The third-order valence-electron chi connectivity index (χ3n) is 2.67. The molecular formula is C13H12N4. The Morgan fingerprint density at radius 2 is 1.82 bits per heavy atom. The van der Waals surface area contributed by atoms with Crippen molar-refractivity contribution in [2.45, 2.75) is 0 Å². The first-order valence-electron chi connectivity index (χ1n) is 5.32. The number of anilines is 2. The molecule has 0 aliphatic carbocycles. The van der Waals surface area contributed by atoms with Gasteiger partial charge in [0.2, 0.25) is 0 Å². The van der Waals surface area contributed by atoms with Gasteiger partial charge in [0.1, 0.15) is 5.65 Å². The highest BCUT2D eigenvalue weighted by molar-refractivity contribution is 5.67. The summed E-state index contributed by atoms with van der Waals surface area (Å²) in [4.78, 5) is 4.51. The highest BCUT2D eigenvalue weighted by Gasteiger charge is 2.04. The lowest BCUT2D eigenvalue weighted by Crippen LogP contribution is -1.87. The number of fused-ring (bicyclic) bond motifs is 1. The number of pyridine rings is 1. The molecule has 0 radical (unpaired) electrons. The summed E-state index contributed by atoms with van der Waals surface area (Å²) in [6, 6.07) is 11.4. The van der Waals surface area contributed by atoms with Gasteiger partial charge in [-0.1, -0.05) is 12.1 Å². The van der Waals surface area contributed by atoms with E-state index >= 15 is 0 Å². The van der Waals surface area contributed by atoms with Gasteiger partial charge in [0.15, 0.2) is 0 Å². The van der Waals surface area contributed by atoms with Crippen molar-refractivity contribution < 1.29 is 0 Å². The Bertz CT molecular complexity index is 685. The molecule has 0 saturated carbocycles. The Hall–Kier alpha value is -2.49. The summed E-state index contributed by atoms with van der Waals surface area (Å²) < 4.78 is 1.94. The number of nitrogens with two attached hydrogens (primary N) is 2. The minimum atomic E-state index is 0.710. The summed E-state index contributed by atoms with van der Waals surface area (Å²) in [6.45, 7) is 0. The van der Waals surface area contributed by atoms with Crippen LogP contribution in [0.5, 0.6) is 0 Å². The summed E-state index contributed by atoms with van der Waals surface area (Å²) in [6.07, 6.45) is 3.86. The van der Waals surface area contributed by atoms with Crippen LogP contribution in [-0.4, -0.2) is 9.38 Å². The Kier molecular flexibility index (Phi) is 2.01. The van der Waals surface area contributed by atoms with Crippen LogP contribution in [0.15, 0.2) is 48.8 Å². The third-order valence-corrected chi connectivity index (χ3v) is 2.67. The Balaban J connectivity index is 2.18. The normalized spacial score (nSPS) is 10.8.